The fourth-order valence-electron chi connectivity index (χ4n) is 4.41. The first-order valence-corrected chi connectivity index (χ1v) is 11.3. The maximum absolute atomic E-state index is 13.2. The highest BCUT2D eigenvalue weighted by Gasteiger charge is 2.25. The summed E-state index contributed by atoms with van der Waals surface area (Å²) in [4.78, 5) is 17.5. The predicted octanol–water partition coefficient (Wildman–Crippen LogP) is 4.30. The lowest BCUT2D eigenvalue weighted by molar-refractivity contribution is -0.0128. The number of fused-ring (bicyclic) bond motifs is 3. The normalized spacial score (nSPS) is 17.3. The van der Waals surface area contributed by atoms with E-state index >= 15 is 0 Å². The molecule has 2 aromatic heterocycles. The number of hydrogen-bond donors (Lipinski definition) is 0. The highest BCUT2D eigenvalue weighted by Crippen LogP contribution is 2.37. The molecule has 3 aromatic rings. The van der Waals surface area contributed by atoms with Gasteiger partial charge in [0.25, 0.3) is 0 Å². The molecule has 0 amide bonds. The molecule has 0 N–H and O–H groups in total. The van der Waals surface area contributed by atoms with E-state index in [-0.39, 0.29) is 18.1 Å². The zero-order valence-electron chi connectivity index (χ0n) is 18.4. The number of ether oxygens (including phenoxy) is 3. The molecular weight excluding hydrogens is 404 g/mol. The molecule has 0 bridgehead atoms. The second kappa shape index (κ2) is 9.17. The van der Waals surface area contributed by atoms with Crippen LogP contribution in [0.1, 0.15) is 36.1 Å². The van der Waals surface area contributed by atoms with Crippen LogP contribution in [0.2, 0.25) is 0 Å². The molecule has 1 unspecified atom stereocenters. The van der Waals surface area contributed by atoms with Crippen molar-refractivity contribution >= 4 is 0 Å². The van der Waals surface area contributed by atoms with Gasteiger partial charge >= 0.3 is 0 Å². The monoisotopic (exact) mass is 432 g/mol. The molecule has 6 nitrogen and oxygen atoms in total. The Morgan fingerprint density at radius 1 is 1.16 bits per heavy atom. The molecule has 5 rings (SSSR count). The van der Waals surface area contributed by atoms with Crippen LogP contribution in [0.4, 0.5) is 0 Å². The van der Waals surface area contributed by atoms with Crippen LogP contribution in [0.25, 0.3) is 11.3 Å². The van der Waals surface area contributed by atoms with Crippen LogP contribution in [-0.2, 0) is 24.3 Å². The van der Waals surface area contributed by atoms with Crippen molar-refractivity contribution in [3.8, 4) is 22.9 Å². The average molecular weight is 433 g/mol. The van der Waals surface area contributed by atoms with Gasteiger partial charge < -0.3 is 18.8 Å². The van der Waals surface area contributed by atoms with Gasteiger partial charge in [-0.25, -0.2) is 0 Å². The zero-order chi connectivity index (χ0) is 21.9. The average Bonchev–Trinajstić information content (AvgIpc) is 2.83. The summed E-state index contributed by atoms with van der Waals surface area (Å²) in [6.45, 7) is 4.20. The molecule has 1 fully saturated rings. The van der Waals surface area contributed by atoms with Crippen molar-refractivity contribution in [2.75, 3.05) is 13.2 Å². The zero-order valence-corrected chi connectivity index (χ0v) is 18.4. The number of pyridine rings is 2. The SMILES string of the molecule is Cc1ccc(COc2c3n(c(OCC4CCCCO4)cc2=O)CCc2ccccc2-3)cn1. The first kappa shape index (κ1) is 20.8. The van der Waals surface area contributed by atoms with Crippen LogP contribution < -0.4 is 14.9 Å². The van der Waals surface area contributed by atoms with Gasteiger partial charge in [-0.05, 0) is 44.2 Å². The number of aryl methyl sites for hydroxylation is 2. The van der Waals surface area contributed by atoms with E-state index in [0.29, 0.717) is 18.2 Å². The first-order valence-electron chi connectivity index (χ1n) is 11.3. The summed E-state index contributed by atoms with van der Waals surface area (Å²) in [7, 11) is 0. The van der Waals surface area contributed by atoms with Crippen LogP contribution in [0.3, 0.4) is 0 Å². The minimum atomic E-state index is -0.174. The Hall–Kier alpha value is -3.12. The van der Waals surface area contributed by atoms with Crippen LogP contribution in [-0.4, -0.2) is 28.9 Å². The third-order valence-corrected chi connectivity index (χ3v) is 6.15. The first-order chi connectivity index (χ1) is 15.7. The van der Waals surface area contributed by atoms with Gasteiger partial charge in [0.15, 0.2) is 11.6 Å². The molecule has 166 valence electrons. The van der Waals surface area contributed by atoms with Gasteiger partial charge in [0, 0.05) is 42.2 Å². The fourth-order valence-corrected chi connectivity index (χ4v) is 4.41. The summed E-state index contributed by atoms with van der Waals surface area (Å²) in [6, 6.07) is 13.7. The van der Waals surface area contributed by atoms with Gasteiger partial charge in [0.1, 0.15) is 13.2 Å². The number of benzene rings is 1. The molecule has 2 aliphatic rings. The molecule has 2 aliphatic heterocycles. The van der Waals surface area contributed by atoms with Crippen molar-refractivity contribution in [1.29, 1.82) is 0 Å². The molecule has 4 heterocycles. The molecule has 1 aromatic carbocycles. The smallest absolute Gasteiger partial charge is 0.227 e. The lowest BCUT2D eigenvalue weighted by Gasteiger charge is -2.28. The Bertz CT molecular complexity index is 1150. The summed E-state index contributed by atoms with van der Waals surface area (Å²) in [6.07, 6.45) is 5.99. The molecular formula is C26H28N2O4. The van der Waals surface area contributed by atoms with Crippen LogP contribution in [0.5, 0.6) is 11.6 Å². The van der Waals surface area contributed by atoms with Crippen molar-refractivity contribution in [3.63, 3.8) is 0 Å². The van der Waals surface area contributed by atoms with E-state index < -0.39 is 0 Å². The van der Waals surface area contributed by atoms with Crippen molar-refractivity contribution in [1.82, 2.24) is 9.55 Å². The largest absolute Gasteiger partial charge is 0.483 e. The van der Waals surface area contributed by atoms with Gasteiger partial charge in [0.2, 0.25) is 5.43 Å². The fraction of sp³-hybridized carbons (Fsp3) is 0.385. The Labute approximate surface area is 187 Å². The van der Waals surface area contributed by atoms with Crippen LogP contribution in [0.15, 0.2) is 53.5 Å². The quantitative estimate of drug-likeness (QED) is 0.581. The molecule has 0 spiro atoms. The summed E-state index contributed by atoms with van der Waals surface area (Å²) in [5.41, 5.74) is 4.72. The van der Waals surface area contributed by atoms with E-state index in [9.17, 15) is 4.79 Å². The van der Waals surface area contributed by atoms with Crippen LogP contribution in [0, 0.1) is 6.92 Å². The summed E-state index contributed by atoms with van der Waals surface area (Å²) in [5.74, 6) is 0.942. The standard InChI is InChI=1S/C26H28N2O4/c1-18-9-10-19(15-27-18)16-32-26-23(29)14-24(31-17-21-7-4-5-13-30-21)28-12-11-20-6-2-3-8-22(20)25(26)28/h2-3,6,8-10,14-15,21H,4-5,7,11-13,16-17H2,1H3. The summed E-state index contributed by atoms with van der Waals surface area (Å²) in [5, 5.41) is 0. The van der Waals surface area contributed by atoms with Gasteiger partial charge in [-0.1, -0.05) is 30.3 Å². The highest BCUT2D eigenvalue weighted by atomic mass is 16.5. The lowest BCUT2D eigenvalue weighted by Crippen LogP contribution is -2.28. The van der Waals surface area contributed by atoms with E-state index in [1.54, 1.807) is 12.3 Å². The van der Waals surface area contributed by atoms with Gasteiger partial charge in [-0.15, -0.1) is 0 Å². The van der Waals surface area contributed by atoms with E-state index in [0.717, 1.165) is 61.3 Å². The van der Waals surface area contributed by atoms with Crippen molar-refractivity contribution in [3.05, 3.63) is 75.7 Å². The molecule has 1 atom stereocenters. The molecule has 32 heavy (non-hydrogen) atoms. The van der Waals surface area contributed by atoms with Crippen molar-refractivity contribution in [2.24, 2.45) is 0 Å². The maximum atomic E-state index is 13.2. The third-order valence-electron chi connectivity index (χ3n) is 6.15. The van der Waals surface area contributed by atoms with Gasteiger partial charge in [0.05, 0.1) is 11.8 Å². The van der Waals surface area contributed by atoms with Gasteiger partial charge in [-0.2, -0.15) is 0 Å². The highest BCUT2D eigenvalue weighted by molar-refractivity contribution is 5.72. The van der Waals surface area contributed by atoms with Crippen molar-refractivity contribution < 1.29 is 14.2 Å². The number of nitrogens with zero attached hydrogens (tertiary/aromatic N) is 2. The Morgan fingerprint density at radius 3 is 2.88 bits per heavy atom. The van der Waals surface area contributed by atoms with E-state index in [4.69, 9.17) is 14.2 Å². The molecule has 1 saturated heterocycles. The number of aromatic nitrogens is 2. The Balaban J connectivity index is 1.49. The third kappa shape index (κ3) is 4.28. The van der Waals surface area contributed by atoms with Crippen LogP contribution >= 0.6 is 0 Å². The molecule has 0 radical (unpaired) electrons. The lowest BCUT2D eigenvalue weighted by atomic mass is 9.96. The second-order valence-corrected chi connectivity index (χ2v) is 8.48. The predicted molar refractivity (Wildman–Crippen MR) is 122 cm³/mol. The maximum Gasteiger partial charge on any atom is 0.227 e. The number of hydrogen-bond acceptors (Lipinski definition) is 5. The molecule has 0 saturated carbocycles. The minimum Gasteiger partial charge on any atom is -0.483 e. The Morgan fingerprint density at radius 2 is 2.06 bits per heavy atom. The van der Waals surface area contributed by atoms with Gasteiger partial charge in [-0.3, -0.25) is 9.78 Å². The van der Waals surface area contributed by atoms with Crippen molar-refractivity contribution in [2.45, 2.75) is 51.9 Å². The second-order valence-electron chi connectivity index (χ2n) is 8.48. The molecule has 0 aliphatic carbocycles. The van der Waals surface area contributed by atoms with E-state index in [1.165, 1.54) is 5.56 Å². The topological polar surface area (TPSA) is 62.6 Å². The summed E-state index contributed by atoms with van der Waals surface area (Å²) < 4.78 is 20.1. The minimum absolute atomic E-state index is 0.0796. The number of rotatable bonds is 6. The Kier molecular flexibility index (Phi) is 5.95. The van der Waals surface area contributed by atoms with E-state index in [2.05, 4.69) is 15.6 Å². The molecule has 6 heteroatoms. The van der Waals surface area contributed by atoms with E-state index in [1.807, 2.05) is 37.3 Å². The summed E-state index contributed by atoms with van der Waals surface area (Å²) >= 11 is 0.